The summed E-state index contributed by atoms with van der Waals surface area (Å²) in [5.74, 6) is -1.82. The Hall–Kier alpha value is -4.82. The molecule has 2 aromatic heterocycles. The van der Waals surface area contributed by atoms with Gasteiger partial charge in [-0.25, -0.2) is 18.3 Å². The summed E-state index contributed by atoms with van der Waals surface area (Å²) in [6, 6.07) is 12.1. The van der Waals surface area contributed by atoms with Gasteiger partial charge in [0.25, 0.3) is 0 Å². The Morgan fingerprint density at radius 3 is 2.59 bits per heavy atom. The minimum absolute atomic E-state index is 0.0486. The molecule has 2 amide bonds. The van der Waals surface area contributed by atoms with Gasteiger partial charge in [0.15, 0.2) is 17.6 Å². The third kappa shape index (κ3) is 6.71. The topological polar surface area (TPSA) is 154 Å². The molecule has 0 spiro atoms. The first kappa shape index (κ1) is 30.6. The Labute approximate surface area is 253 Å². The van der Waals surface area contributed by atoms with E-state index in [4.69, 9.17) is 21.3 Å². The van der Waals surface area contributed by atoms with Gasteiger partial charge in [-0.3, -0.25) is 19.9 Å². The molecule has 1 saturated heterocycles. The Kier molecular flexibility index (Phi) is 9.20. The highest BCUT2D eigenvalue weighted by Crippen LogP contribution is 2.32. The van der Waals surface area contributed by atoms with Crippen molar-refractivity contribution in [1.29, 1.82) is 0 Å². The number of guanidine groups is 1. The van der Waals surface area contributed by atoms with Gasteiger partial charge < -0.3 is 21.5 Å². The van der Waals surface area contributed by atoms with Gasteiger partial charge in [0.2, 0.25) is 0 Å². The number of aromatic nitrogens is 4. The number of rotatable bonds is 10. The molecule has 6 N–H and O–H groups in total. The quantitative estimate of drug-likeness (QED) is 0.160. The van der Waals surface area contributed by atoms with Gasteiger partial charge in [0.1, 0.15) is 11.5 Å². The van der Waals surface area contributed by atoms with E-state index >= 15 is 0 Å². The first-order valence-electron chi connectivity index (χ1n) is 14.1. The zero-order valence-electron chi connectivity index (χ0n) is 24.7. The number of nitrogens with zero attached hydrogens (tertiary/aromatic N) is 6. The van der Waals surface area contributed by atoms with Crippen molar-refractivity contribution in [2.24, 2.45) is 23.5 Å². The van der Waals surface area contributed by atoms with Crippen LogP contribution in [0.3, 0.4) is 0 Å². The molecular weight excluding hydrogens is 570 g/mol. The lowest BCUT2D eigenvalue weighted by Gasteiger charge is -2.26. The minimum atomic E-state index is -0.955. The monoisotopic (exact) mass is 606 g/mol. The molecule has 3 heterocycles. The number of para-hydroxylation sites is 1. The van der Waals surface area contributed by atoms with Crippen molar-refractivity contribution >= 4 is 17.8 Å². The highest BCUT2D eigenvalue weighted by atomic mass is 19.2. The number of methoxy groups -OCH3 is 1. The standard InChI is InChI=1S/C30H36F2N10O2/c1-18-27(20-12-36-40(2)14-20)39-42(21-7-5-4-6-8-21)28(18)38-30(43)37-26-16-41(22(17-44-3)13-35-29(33)34)15-23(26)19-9-10-24(31)25(32)11-19/h4-12,14,22-23,26H,13,15-17H2,1-3H3,(H4,33,34,35)(H2,37,38,43)/t22?,23-,26+/m0/s1. The van der Waals surface area contributed by atoms with Crippen LogP contribution < -0.4 is 22.1 Å². The van der Waals surface area contributed by atoms with E-state index < -0.39 is 23.7 Å². The summed E-state index contributed by atoms with van der Waals surface area (Å²) in [7, 11) is 3.40. The van der Waals surface area contributed by atoms with Crippen molar-refractivity contribution in [3.05, 3.63) is 83.7 Å². The highest BCUT2D eigenvalue weighted by molar-refractivity contribution is 5.91. The van der Waals surface area contributed by atoms with Gasteiger partial charge in [0, 0.05) is 50.5 Å². The molecule has 0 saturated carbocycles. The fourth-order valence-corrected chi connectivity index (χ4v) is 5.56. The second-order valence-corrected chi connectivity index (χ2v) is 10.8. The molecule has 1 aliphatic rings. The van der Waals surface area contributed by atoms with E-state index in [2.05, 4.69) is 25.6 Å². The zero-order chi connectivity index (χ0) is 31.4. The molecule has 14 heteroatoms. The molecule has 2 aromatic carbocycles. The molecule has 1 fully saturated rings. The van der Waals surface area contributed by atoms with Crippen molar-refractivity contribution in [1.82, 2.24) is 29.8 Å². The maximum absolute atomic E-state index is 14.3. The van der Waals surface area contributed by atoms with Gasteiger partial charge in [-0.1, -0.05) is 24.3 Å². The van der Waals surface area contributed by atoms with Crippen LogP contribution in [0.25, 0.3) is 16.9 Å². The van der Waals surface area contributed by atoms with Crippen molar-refractivity contribution < 1.29 is 18.3 Å². The number of aliphatic imine (C=N–C) groups is 1. The average molecular weight is 607 g/mol. The van der Waals surface area contributed by atoms with Crippen LogP contribution in [0.5, 0.6) is 0 Å². The van der Waals surface area contributed by atoms with Crippen LogP contribution in [-0.2, 0) is 11.8 Å². The summed E-state index contributed by atoms with van der Waals surface area (Å²) in [5, 5.41) is 15.1. The predicted molar refractivity (Wildman–Crippen MR) is 163 cm³/mol. The summed E-state index contributed by atoms with van der Waals surface area (Å²) >= 11 is 0. The number of anilines is 1. The maximum Gasteiger partial charge on any atom is 0.320 e. The summed E-state index contributed by atoms with van der Waals surface area (Å²) < 4.78 is 36.9. The van der Waals surface area contributed by atoms with Crippen LogP contribution in [-0.4, -0.2) is 81.9 Å². The largest absolute Gasteiger partial charge is 0.383 e. The fourth-order valence-electron chi connectivity index (χ4n) is 5.56. The van der Waals surface area contributed by atoms with Gasteiger partial charge >= 0.3 is 6.03 Å². The minimum Gasteiger partial charge on any atom is -0.383 e. The number of aryl methyl sites for hydroxylation is 1. The SMILES string of the molecule is COCC(CN=C(N)N)N1C[C@@H](NC(=O)Nc2c(C)c(-c3cnn(C)c3)nn2-c2ccccc2)[C@H](c2ccc(F)c(F)c2)C1. The predicted octanol–water partition coefficient (Wildman–Crippen LogP) is 2.74. The number of nitrogens with two attached hydrogens (primary N) is 2. The van der Waals surface area contributed by atoms with Crippen molar-refractivity contribution in [2.45, 2.75) is 24.9 Å². The van der Waals surface area contributed by atoms with Crippen molar-refractivity contribution in [2.75, 3.05) is 38.7 Å². The molecule has 0 radical (unpaired) electrons. The third-order valence-electron chi connectivity index (χ3n) is 7.73. The lowest BCUT2D eigenvalue weighted by atomic mass is 9.94. The van der Waals surface area contributed by atoms with Crippen molar-refractivity contribution in [3.8, 4) is 16.9 Å². The van der Waals surface area contributed by atoms with Crippen LogP contribution in [0.2, 0.25) is 0 Å². The molecular formula is C30H36F2N10O2. The fraction of sp³-hybridized carbons (Fsp3) is 0.333. The number of hydrogen-bond donors (Lipinski definition) is 4. The first-order chi connectivity index (χ1) is 21.1. The van der Waals surface area contributed by atoms with Crippen LogP contribution in [0.1, 0.15) is 17.0 Å². The summed E-state index contributed by atoms with van der Waals surface area (Å²) in [4.78, 5) is 19.9. The summed E-state index contributed by atoms with van der Waals surface area (Å²) in [5.41, 5.74) is 14.7. The number of likely N-dealkylation sites (tertiary alicyclic amines) is 1. The van der Waals surface area contributed by atoms with E-state index in [0.717, 1.165) is 22.9 Å². The van der Waals surface area contributed by atoms with Crippen LogP contribution in [0, 0.1) is 18.6 Å². The number of ether oxygens (including phenoxy) is 1. The molecule has 12 nitrogen and oxygen atoms in total. The number of halogens is 2. The van der Waals surface area contributed by atoms with E-state index in [1.54, 1.807) is 22.7 Å². The third-order valence-corrected chi connectivity index (χ3v) is 7.73. The van der Waals surface area contributed by atoms with Crippen LogP contribution >= 0.6 is 0 Å². The summed E-state index contributed by atoms with van der Waals surface area (Å²) in [6.07, 6.45) is 3.57. The number of hydrogen-bond acceptors (Lipinski definition) is 6. The highest BCUT2D eigenvalue weighted by Gasteiger charge is 2.38. The van der Waals surface area contributed by atoms with E-state index in [1.807, 2.05) is 50.5 Å². The second kappa shape index (κ2) is 13.2. The summed E-state index contributed by atoms with van der Waals surface area (Å²) in [6.45, 7) is 3.29. The molecule has 0 aliphatic carbocycles. The maximum atomic E-state index is 14.3. The Morgan fingerprint density at radius 1 is 1.16 bits per heavy atom. The van der Waals surface area contributed by atoms with Gasteiger partial charge in [-0.05, 0) is 36.8 Å². The normalized spacial score (nSPS) is 17.4. The number of carbonyl (C=O) groups is 1. The van der Waals surface area contributed by atoms with Gasteiger partial charge in [0.05, 0.1) is 37.1 Å². The Bertz CT molecular complexity index is 1630. The molecule has 0 bridgehead atoms. The lowest BCUT2D eigenvalue weighted by Crippen LogP contribution is -2.45. The second-order valence-electron chi connectivity index (χ2n) is 10.8. The molecule has 5 rings (SSSR count). The number of benzene rings is 2. The van der Waals surface area contributed by atoms with Crippen LogP contribution in [0.4, 0.5) is 19.4 Å². The molecule has 232 valence electrons. The molecule has 4 aromatic rings. The average Bonchev–Trinajstić information content (AvgIpc) is 3.70. The molecule has 44 heavy (non-hydrogen) atoms. The van der Waals surface area contributed by atoms with Gasteiger partial charge in [-0.15, -0.1) is 0 Å². The van der Waals surface area contributed by atoms with E-state index in [-0.39, 0.29) is 24.5 Å². The molecule has 1 aliphatic heterocycles. The van der Waals surface area contributed by atoms with E-state index in [9.17, 15) is 13.6 Å². The van der Waals surface area contributed by atoms with E-state index in [1.165, 1.54) is 12.1 Å². The van der Waals surface area contributed by atoms with E-state index in [0.29, 0.717) is 36.8 Å². The number of carbonyl (C=O) groups excluding carboxylic acids is 1. The number of nitrogens with one attached hydrogen (secondary N) is 2. The Morgan fingerprint density at radius 2 is 1.93 bits per heavy atom. The first-order valence-corrected chi connectivity index (χ1v) is 14.1. The Balaban J connectivity index is 1.44. The zero-order valence-corrected chi connectivity index (χ0v) is 24.7. The smallest absolute Gasteiger partial charge is 0.320 e. The number of amides is 2. The molecule has 1 unspecified atom stereocenters. The van der Waals surface area contributed by atoms with Crippen molar-refractivity contribution in [3.63, 3.8) is 0 Å². The lowest BCUT2D eigenvalue weighted by molar-refractivity contribution is 0.108. The van der Waals surface area contributed by atoms with Crippen LogP contribution in [0.15, 0.2) is 65.9 Å². The molecule has 3 atom stereocenters. The van der Waals surface area contributed by atoms with Gasteiger partial charge in [-0.2, -0.15) is 10.2 Å². The number of urea groups is 1.